The molecule has 1 heterocycles. The summed E-state index contributed by atoms with van der Waals surface area (Å²) in [7, 11) is 1.58. The second-order valence-electron chi connectivity index (χ2n) is 6.15. The first-order valence-corrected chi connectivity index (χ1v) is 10.7. The molecule has 0 unspecified atom stereocenters. The maximum atomic E-state index is 12.8. The van der Waals surface area contributed by atoms with Crippen LogP contribution in [0.1, 0.15) is 18.1 Å². The minimum Gasteiger partial charge on any atom is -0.493 e. The fourth-order valence-electron chi connectivity index (χ4n) is 2.90. The fourth-order valence-corrected chi connectivity index (χ4v) is 4.53. The zero-order valence-electron chi connectivity index (χ0n) is 15.4. The minimum absolute atomic E-state index is 0.189. The van der Waals surface area contributed by atoms with Crippen LogP contribution in [-0.2, 0) is 17.8 Å². The molecular weight excluding hydrogens is 466 g/mol. The first kappa shape index (κ1) is 21.0. The van der Waals surface area contributed by atoms with E-state index in [4.69, 9.17) is 21.1 Å². The van der Waals surface area contributed by atoms with Gasteiger partial charge in [0.1, 0.15) is 0 Å². The molecule has 5 nitrogen and oxygen atoms in total. The lowest BCUT2D eigenvalue weighted by Gasteiger charge is -2.16. The van der Waals surface area contributed by atoms with E-state index in [1.165, 1.54) is 4.90 Å². The van der Waals surface area contributed by atoms with Crippen LogP contribution in [0.15, 0.2) is 40.9 Å². The highest BCUT2D eigenvalue weighted by atomic mass is 79.9. The zero-order valence-corrected chi connectivity index (χ0v) is 18.6. The quantitative estimate of drug-likeness (QED) is 0.532. The number of rotatable bonds is 7. The number of amides is 2. The van der Waals surface area contributed by atoms with Crippen molar-refractivity contribution < 1.29 is 19.1 Å². The number of benzene rings is 2. The summed E-state index contributed by atoms with van der Waals surface area (Å²) in [6, 6.07) is 10.8. The van der Waals surface area contributed by atoms with Crippen molar-refractivity contribution in [2.24, 2.45) is 0 Å². The van der Waals surface area contributed by atoms with E-state index < -0.39 is 5.25 Å². The summed E-state index contributed by atoms with van der Waals surface area (Å²) in [6.07, 6.45) is 0.414. The molecule has 1 atom stereocenters. The van der Waals surface area contributed by atoms with E-state index in [2.05, 4.69) is 15.9 Å². The number of hydrogen-bond donors (Lipinski definition) is 0. The highest BCUT2D eigenvalue weighted by Crippen LogP contribution is 2.37. The van der Waals surface area contributed by atoms with Gasteiger partial charge < -0.3 is 9.47 Å². The van der Waals surface area contributed by atoms with E-state index in [1.54, 1.807) is 19.2 Å². The Bertz CT molecular complexity index is 891. The average Bonchev–Trinajstić information content (AvgIpc) is 2.93. The van der Waals surface area contributed by atoms with Crippen molar-refractivity contribution in [1.82, 2.24) is 4.90 Å². The van der Waals surface area contributed by atoms with E-state index in [1.807, 2.05) is 31.2 Å². The normalized spacial score (nSPS) is 16.6. The molecule has 28 heavy (non-hydrogen) atoms. The fraction of sp³-hybridized carbons (Fsp3) is 0.300. The molecule has 0 spiro atoms. The molecule has 1 saturated heterocycles. The third-order valence-corrected chi connectivity index (χ3v) is 6.36. The van der Waals surface area contributed by atoms with E-state index in [9.17, 15) is 9.59 Å². The summed E-state index contributed by atoms with van der Waals surface area (Å²) in [4.78, 5) is 26.5. The van der Waals surface area contributed by atoms with E-state index >= 15 is 0 Å². The van der Waals surface area contributed by atoms with Gasteiger partial charge in [-0.15, -0.1) is 0 Å². The summed E-state index contributed by atoms with van der Waals surface area (Å²) < 4.78 is 11.8. The monoisotopic (exact) mass is 483 g/mol. The van der Waals surface area contributed by atoms with Gasteiger partial charge in [0.25, 0.3) is 5.24 Å². The number of ether oxygens (including phenoxy) is 2. The van der Waals surface area contributed by atoms with Crippen LogP contribution in [0.2, 0.25) is 5.02 Å². The van der Waals surface area contributed by atoms with Crippen LogP contribution in [0.4, 0.5) is 4.79 Å². The van der Waals surface area contributed by atoms with Crippen LogP contribution in [-0.4, -0.2) is 35.0 Å². The standard InChI is InChI=1S/C20H19BrClNO4S/c1-3-27-17-8-13(15(21)10-16(17)26-2)9-18-19(24)23(20(25)28-18)11-12-4-6-14(22)7-5-12/h4-8,10,18H,3,9,11H2,1-2H3/t18-/m0/s1. The predicted molar refractivity (Wildman–Crippen MR) is 114 cm³/mol. The van der Waals surface area contributed by atoms with Crippen LogP contribution in [0.25, 0.3) is 0 Å². The van der Waals surface area contributed by atoms with Gasteiger partial charge in [-0.2, -0.15) is 0 Å². The SMILES string of the molecule is CCOc1cc(C[C@@H]2SC(=O)N(Cc3ccc(Cl)cc3)C2=O)c(Br)cc1OC. The van der Waals surface area contributed by atoms with Gasteiger partial charge in [0.05, 0.1) is 25.5 Å². The number of methoxy groups -OCH3 is 1. The summed E-state index contributed by atoms with van der Waals surface area (Å²) in [5.74, 6) is 1.04. The van der Waals surface area contributed by atoms with Gasteiger partial charge in [0.15, 0.2) is 11.5 Å². The summed E-state index contributed by atoms with van der Waals surface area (Å²) in [6.45, 7) is 2.64. The summed E-state index contributed by atoms with van der Waals surface area (Å²) >= 11 is 10.5. The Morgan fingerprint density at radius 1 is 1.18 bits per heavy atom. The van der Waals surface area contributed by atoms with Crippen molar-refractivity contribution in [3.05, 3.63) is 57.0 Å². The molecule has 0 aliphatic carbocycles. The second-order valence-corrected chi connectivity index (χ2v) is 8.60. The third-order valence-electron chi connectivity index (χ3n) is 4.30. The molecule has 1 fully saturated rings. The van der Waals surface area contributed by atoms with Crippen molar-refractivity contribution in [1.29, 1.82) is 0 Å². The number of carbonyl (C=O) groups excluding carboxylic acids is 2. The Balaban J connectivity index is 1.76. The van der Waals surface area contributed by atoms with Crippen molar-refractivity contribution in [3.63, 3.8) is 0 Å². The topological polar surface area (TPSA) is 55.8 Å². The number of imide groups is 1. The van der Waals surface area contributed by atoms with Crippen molar-refractivity contribution in [2.75, 3.05) is 13.7 Å². The van der Waals surface area contributed by atoms with Crippen molar-refractivity contribution >= 4 is 50.4 Å². The maximum absolute atomic E-state index is 12.8. The molecule has 8 heteroatoms. The largest absolute Gasteiger partial charge is 0.493 e. The Morgan fingerprint density at radius 2 is 1.89 bits per heavy atom. The number of carbonyl (C=O) groups is 2. The predicted octanol–water partition coefficient (Wildman–Crippen LogP) is 5.32. The van der Waals surface area contributed by atoms with Gasteiger partial charge in [0, 0.05) is 9.50 Å². The van der Waals surface area contributed by atoms with Gasteiger partial charge in [-0.1, -0.05) is 51.4 Å². The van der Waals surface area contributed by atoms with Crippen LogP contribution >= 0.6 is 39.3 Å². The minimum atomic E-state index is -0.473. The van der Waals surface area contributed by atoms with E-state index in [0.717, 1.165) is 27.4 Å². The van der Waals surface area contributed by atoms with Gasteiger partial charge in [-0.3, -0.25) is 14.5 Å². The molecule has 2 amide bonds. The molecule has 148 valence electrons. The lowest BCUT2D eigenvalue weighted by molar-refractivity contribution is -0.127. The van der Waals surface area contributed by atoms with Crippen LogP contribution < -0.4 is 9.47 Å². The molecule has 2 aromatic carbocycles. The Hall–Kier alpha value is -1.70. The van der Waals surface area contributed by atoms with E-state index in [-0.39, 0.29) is 17.7 Å². The van der Waals surface area contributed by atoms with Gasteiger partial charge >= 0.3 is 0 Å². The third kappa shape index (κ3) is 4.64. The molecule has 0 bridgehead atoms. The molecule has 0 saturated carbocycles. The Labute approximate surface area is 181 Å². The average molecular weight is 485 g/mol. The smallest absolute Gasteiger partial charge is 0.289 e. The van der Waals surface area contributed by atoms with Gasteiger partial charge in [0.2, 0.25) is 5.91 Å². The Kier molecular flexibility index (Phi) is 6.91. The number of halogens is 2. The van der Waals surface area contributed by atoms with Gasteiger partial charge in [-0.25, -0.2) is 0 Å². The second kappa shape index (κ2) is 9.20. The molecule has 3 rings (SSSR count). The first-order chi connectivity index (χ1) is 13.4. The molecule has 1 aliphatic heterocycles. The molecule has 0 N–H and O–H groups in total. The van der Waals surface area contributed by atoms with Crippen molar-refractivity contribution in [3.8, 4) is 11.5 Å². The van der Waals surface area contributed by atoms with Crippen molar-refractivity contribution in [2.45, 2.75) is 25.1 Å². The van der Waals surface area contributed by atoms with Gasteiger partial charge in [-0.05, 0) is 48.7 Å². The van der Waals surface area contributed by atoms with Crippen LogP contribution in [0.5, 0.6) is 11.5 Å². The van der Waals surface area contributed by atoms with Crippen LogP contribution in [0.3, 0.4) is 0 Å². The highest BCUT2D eigenvalue weighted by molar-refractivity contribution is 9.10. The number of nitrogens with zero attached hydrogens (tertiary/aromatic N) is 1. The number of thioether (sulfide) groups is 1. The lowest BCUT2D eigenvalue weighted by atomic mass is 10.1. The zero-order chi connectivity index (χ0) is 20.3. The summed E-state index contributed by atoms with van der Waals surface area (Å²) in [5, 5.41) is -0.0943. The van der Waals surface area contributed by atoms with E-state index in [0.29, 0.717) is 29.5 Å². The molecule has 0 radical (unpaired) electrons. The highest BCUT2D eigenvalue weighted by Gasteiger charge is 2.39. The Morgan fingerprint density at radius 3 is 2.54 bits per heavy atom. The molecular formula is C20H19BrClNO4S. The van der Waals surface area contributed by atoms with Crippen LogP contribution in [0, 0.1) is 0 Å². The number of hydrogen-bond acceptors (Lipinski definition) is 5. The first-order valence-electron chi connectivity index (χ1n) is 8.68. The molecule has 1 aliphatic rings. The maximum Gasteiger partial charge on any atom is 0.289 e. The molecule has 0 aromatic heterocycles. The molecule has 2 aromatic rings. The summed E-state index contributed by atoms with van der Waals surface area (Å²) in [5.41, 5.74) is 1.74. The lowest BCUT2D eigenvalue weighted by Crippen LogP contribution is -2.31.